The molecule has 0 fully saturated rings. The van der Waals surface area contributed by atoms with Crippen molar-refractivity contribution in [2.75, 3.05) is 14.2 Å². The fourth-order valence-electron chi connectivity index (χ4n) is 4.91. The molecule has 0 amide bonds. The van der Waals surface area contributed by atoms with Crippen LogP contribution in [0.15, 0.2) is 92.6 Å². The molecule has 0 N–H and O–H groups in total. The summed E-state index contributed by atoms with van der Waals surface area (Å²) in [7, 11) is -0.879. The Labute approximate surface area is 224 Å². The quantitative estimate of drug-likeness (QED) is 0.336. The van der Waals surface area contributed by atoms with Gasteiger partial charge in [-0.3, -0.25) is 19.6 Å². The molecule has 0 saturated carbocycles. The molecule has 1 aromatic heterocycles. The number of ether oxygens (including phenoxy) is 2. The van der Waals surface area contributed by atoms with E-state index < -0.39 is 45.4 Å². The van der Waals surface area contributed by atoms with E-state index in [-0.39, 0.29) is 12.8 Å². The number of hydrogen-bond acceptors (Lipinski definition) is 8. The van der Waals surface area contributed by atoms with E-state index >= 15 is 0 Å². The highest BCUT2D eigenvalue weighted by atomic mass is 32.2. The summed E-state index contributed by atoms with van der Waals surface area (Å²) in [6, 6.07) is 17.8. The molecule has 0 aliphatic heterocycles. The topological polar surface area (TPSA) is 113 Å². The molecule has 0 saturated heterocycles. The van der Waals surface area contributed by atoms with Crippen molar-refractivity contribution in [3.8, 4) is 0 Å². The highest BCUT2D eigenvalue weighted by Crippen LogP contribution is 2.43. The highest BCUT2D eigenvalue weighted by Gasteiger charge is 2.43. The molecule has 10 heteroatoms. The number of aromatic nitrogens is 2. The van der Waals surface area contributed by atoms with Gasteiger partial charge in [-0.05, 0) is 48.2 Å². The first-order valence-corrected chi connectivity index (χ1v) is 14.1. The first-order chi connectivity index (χ1) is 18.5. The van der Waals surface area contributed by atoms with E-state index in [1.807, 2.05) is 12.1 Å². The van der Waals surface area contributed by atoms with E-state index in [1.165, 1.54) is 26.6 Å². The highest BCUT2D eigenvalue weighted by molar-refractivity contribution is 7.86. The average Bonchev–Trinajstić information content (AvgIpc) is 2.98. The summed E-state index contributed by atoms with van der Waals surface area (Å²) in [5, 5.41) is 0. The first-order valence-electron chi connectivity index (χ1n) is 11.8. The monoisotopic (exact) mass is 548 g/mol. The van der Waals surface area contributed by atoms with Gasteiger partial charge in [0, 0.05) is 22.2 Å². The second-order valence-electron chi connectivity index (χ2n) is 8.70. The SMILES string of the molecule is COC(=O)[C@@H]1Cc2c(c(S(=O)c3ccccc3)c3nccnc3c2S(=O)c2ccccc2)C[C@H]1C(=O)OC. The molecular formula is C28H24N2O6S2. The average molecular weight is 549 g/mol. The number of rotatable bonds is 6. The molecule has 1 heterocycles. The minimum Gasteiger partial charge on any atom is -0.469 e. The summed E-state index contributed by atoms with van der Waals surface area (Å²) in [5.41, 5.74) is 1.81. The van der Waals surface area contributed by atoms with Gasteiger partial charge in [0.25, 0.3) is 0 Å². The number of benzene rings is 3. The fourth-order valence-corrected chi connectivity index (χ4v) is 7.70. The Morgan fingerprint density at radius 2 is 1.05 bits per heavy atom. The van der Waals surface area contributed by atoms with Gasteiger partial charge >= 0.3 is 11.9 Å². The molecule has 0 bridgehead atoms. The van der Waals surface area contributed by atoms with Gasteiger partial charge in [-0.15, -0.1) is 0 Å². The van der Waals surface area contributed by atoms with Crippen molar-refractivity contribution < 1.29 is 27.5 Å². The van der Waals surface area contributed by atoms with Crippen LogP contribution in [0, 0.1) is 11.8 Å². The van der Waals surface area contributed by atoms with E-state index in [0.717, 1.165) is 0 Å². The molecule has 3 aromatic carbocycles. The van der Waals surface area contributed by atoms with Crippen LogP contribution in [0.5, 0.6) is 0 Å². The molecule has 0 spiro atoms. The van der Waals surface area contributed by atoms with Gasteiger partial charge in [0.2, 0.25) is 0 Å². The molecule has 5 rings (SSSR count). The number of methoxy groups -OCH3 is 2. The van der Waals surface area contributed by atoms with Gasteiger partial charge in [-0.25, -0.2) is 8.42 Å². The molecule has 2 unspecified atom stereocenters. The van der Waals surface area contributed by atoms with Crippen molar-refractivity contribution in [3.63, 3.8) is 0 Å². The summed E-state index contributed by atoms with van der Waals surface area (Å²) in [6.07, 6.45) is 3.07. The van der Waals surface area contributed by atoms with Gasteiger partial charge in [0.1, 0.15) is 11.0 Å². The lowest BCUT2D eigenvalue weighted by atomic mass is 9.75. The molecular weight excluding hydrogens is 524 g/mol. The lowest BCUT2D eigenvalue weighted by Gasteiger charge is -2.32. The Balaban J connectivity index is 1.85. The molecule has 0 radical (unpaired) electrons. The van der Waals surface area contributed by atoms with Crippen LogP contribution < -0.4 is 0 Å². The van der Waals surface area contributed by atoms with Gasteiger partial charge in [0.15, 0.2) is 0 Å². The van der Waals surface area contributed by atoms with Crippen LogP contribution in [0.1, 0.15) is 11.1 Å². The Morgan fingerprint density at radius 1 is 0.684 bits per heavy atom. The van der Waals surface area contributed by atoms with Crippen molar-refractivity contribution in [2.45, 2.75) is 32.4 Å². The van der Waals surface area contributed by atoms with E-state index in [1.54, 1.807) is 48.5 Å². The van der Waals surface area contributed by atoms with E-state index in [4.69, 9.17) is 9.47 Å². The molecule has 1 aliphatic carbocycles. The van der Waals surface area contributed by atoms with Crippen LogP contribution in [-0.2, 0) is 53.5 Å². The van der Waals surface area contributed by atoms with Crippen LogP contribution in [-0.4, -0.2) is 44.5 Å². The number of esters is 2. The van der Waals surface area contributed by atoms with Crippen molar-refractivity contribution in [1.29, 1.82) is 0 Å². The molecule has 4 aromatic rings. The predicted octanol–water partition coefficient (Wildman–Crippen LogP) is 3.64. The zero-order valence-electron chi connectivity index (χ0n) is 20.7. The van der Waals surface area contributed by atoms with Crippen molar-refractivity contribution >= 4 is 44.6 Å². The van der Waals surface area contributed by atoms with Crippen molar-refractivity contribution in [3.05, 3.63) is 84.2 Å². The first kappa shape index (κ1) is 25.9. The number of fused-ring (bicyclic) bond motifs is 2. The van der Waals surface area contributed by atoms with Crippen LogP contribution in [0.2, 0.25) is 0 Å². The number of carbonyl (C=O) groups excluding carboxylic acids is 2. The molecule has 4 atom stereocenters. The summed E-state index contributed by atoms with van der Waals surface area (Å²) in [5.74, 6) is -2.91. The predicted molar refractivity (Wildman–Crippen MR) is 140 cm³/mol. The van der Waals surface area contributed by atoms with E-state index in [9.17, 15) is 18.0 Å². The Morgan fingerprint density at radius 3 is 1.39 bits per heavy atom. The lowest BCUT2D eigenvalue weighted by molar-refractivity contribution is -0.158. The maximum Gasteiger partial charge on any atom is 0.309 e. The smallest absolute Gasteiger partial charge is 0.309 e. The fraction of sp³-hybridized carbons (Fsp3) is 0.214. The molecule has 1 aliphatic rings. The Bertz CT molecular complexity index is 1460. The van der Waals surface area contributed by atoms with Crippen LogP contribution >= 0.6 is 0 Å². The van der Waals surface area contributed by atoms with Crippen molar-refractivity contribution in [2.24, 2.45) is 11.8 Å². The van der Waals surface area contributed by atoms with E-state index in [2.05, 4.69) is 9.97 Å². The summed E-state index contributed by atoms with van der Waals surface area (Å²) in [4.78, 5) is 36.7. The van der Waals surface area contributed by atoms with Gasteiger partial charge in [-0.2, -0.15) is 0 Å². The second-order valence-corrected chi connectivity index (χ2v) is 11.5. The van der Waals surface area contributed by atoms with Crippen LogP contribution in [0.25, 0.3) is 11.0 Å². The summed E-state index contributed by atoms with van der Waals surface area (Å²) in [6.45, 7) is 0. The van der Waals surface area contributed by atoms with Gasteiger partial charge in [0.05, 0.1) is 57.4 Å². The Hall–Kier alpha value is -3.76. The maximum atomic E-state index is 14.1. The lowest BCUT2D eigenvalue weighted by Crippen LogP contribution is -2.39. The van der Waals surface area contributed by atoms with Gasteiger partial charge in [-0.1, -0.05) is 36.4 Å². The second kappa shape index (κ2) is 10.9. The molecule has 194 valence electrons. The zero-order valence-corrected chi connectivity index (χ0v) is 22.3. The summed E-state index contributed by atoms with van der Waals surface area (Å²) >= 11 is 0. The normalized spacial score (nSPS) is 18.3. The molecule has 8 nitrogen and oxygen atoms in total. The number of hydrogen-bond donors (Lipinski definition) is 0. The van der Waals surface area contributed by atoms with E-state index in [0.29, 0.717) is 41.7 Å². The third kappa shape index (κ3) is 4.54. The van der Waals surface area contributed by atoms with Gasteiger partial charge < -0.3 is 9.47 Å². The Kier molecular flexibility index (Phi) is 7.44. The zero-order chi connectivity index (χ0) is 26.8. The standard InChI is InChI=1S/C28H24N2O6S2/c1-35-27(31)21-15-19-20(16-22(21)28(32)36-2)26(38(34)18-11-7-4-8-12-18)24-23(29-13-14-30-24)25(19)37(33)17-9-5-3-6-10-17/h3-14,21-22H,15-16H2,1-2H3/t21-,22-,37?,38?/m1/s1. The largest absolute Gasteiger partial charge is 0.469 e. The number of nitrogens with zero attached hydrogens (tertiary/aromatic N) is 2. The third-order valence-corrected chi connectivity index (χ3v) is 9.69. The minimum atomic E-state index is -1.70. The number of carbonyl (C=O) groups is 2. The third-order valence-electron chi connectivity index (χ3n) is 6.67. The van der Waals surface area contributed by atoms with Crippen LogP contribution in [0.4, 0.5) is 0 Å². The maximum absolute atomic E-state index is 14.1. The minimum absolute atomic E-state index is 0.0428. The molecule has 38 heavy (non-hydrogen) atoms. The van der Waals surface area contributed by atoms with Crippen LogP contribution in [0.3, 0.4) is 0 Å². The summed E-state index contributed by atoms with van der Waals surface area (Å²) < 4.78 is 38.2. The van der Waals surface area contributed by atoms with Crippen molar-refractivity contribution in [1.82, 2.24) is 9.97 Å².